The van der Waals surface area contributed by atoms with Gasteiger partial charge >= 0.3 is 11.9 Å². The molecule has 1 unspecified atom stereocenters. The first-order valence-electron chi connectivity index (χ1n) is 4.37. The quantitative estimate of drug-likeness (QED) is 0.564. The summed E-state index contributed by atoms with van der Waals surface area (Å²) in [5, 5.41) is 25.9. The lowest BCUT2D eigenvalue weighted by Gasteiger charge is -2.07. The van der Waals surface area contributed by atoms with Gasteiger partial charge in [-0.1, -0.05) is 19.6 Å². The van der Waals surface area contributed by atoms with Gasteiger partial charge in [0.05, 0.1) is 0 Å². The molecule has 84 valence electrons. The number of carboxylic acids is 2. The third kappa shape index (κ3) is 4.42. The Morgan fingerprint density at radius 2 is 1.87 bits per heavy atom. The van der Waals surface area contributed by atoms with E-state index in [0.29, 0.717) is 0 Å². The summed E-state index contributed by atoms with van der Waals surface area (Å²) in [4.78, 5) is 21.2. The third-order valence-corrected chi connectivity index (χ3v) is 1.93. The zero-order valence-corrected chi connectivity index (χ0v) is 8.43. The van der Waals surface area contributed by atoms with Crippen LogP contribution in [0.2, 0.25) is 0 Å². The zero-order valence-electron chi connectivity index (χ0n) is 8.43. The van der Waals surface area contributed by atoms with E-state index in [0.717, 1.165) is 0 Å². The van der Waals surface area contributed by atoms with Crippen LogP contribution in [-0.4, -0.2) is 33.9 Å². The van der Waals surface area contributed by atoms with Crippen LogP contribution in [0.4, 0.5) is 0 Å². The van der Waals surface area contributed by atoms with Gasteiger partial charge in [0.2, 0.25) is 0 Å². The van der Waals surface area contributed by atoms with Crippen molar-refractivity contribution in [2.45, 2.75) is 13.3 Å². The van der Waals surface area contributed by atoms with Gasteiger partial charge in [-0.15, -0.1) is 0 Å². The summed E-state index contributed by atoms with van der Waals surface area (Å²) in [7, 11) is 0. The van der Waals surface area contributed by atoms with E-state index in [1.54, 1.807) is 0 Å². The van der Waals surface area contributed by atoms with Gasteiger partial charge in [-0.05, 0) is 0 Å². The smallest absolute Gasteiger partial charge is 0.331 e. The fourth-order valence-corrected chi connectivity index (χ4v) is 0.979. The van der Waals surface area contributed by atoms with Gasteiger partial charge in [0.1, 0.15) is 0 Å². The lowest BCUT2D eigenvalue weighted by molar-refractivity contribution is -0.134. The summed E-state index contributed by atoms with van der Waals surface area (Å²) in [5.74, 6) is -2.89. The molecule has 0 amide bonds. The van der Waals surface area contributed by atoms with Crippen LogP contribution in [0.15, 0.2) is 23.8 Å². The second-order valence-electron chi connectivity index (χ2n) is 3.09. The Kier molecular flexibility index (Phi) is 5.33. The van der Waals surface area contributed by atoms with Gasteiger partial charge in [0.15, 0.2) is 0 Å². The highest BCUT2D eigenvalue weighted by Crippen LogP contribution is 2.14. The van der Waals surface area contributed by atoms with Gasteiger partial charge in [0, 0.05) is 30.1 Å². The van der Waals surface area contributed by atoms with Gasteiger partial charge in [-0.25, -0.2) is 9.59 Å². The minimum Gasteiger partial charge on any atom is -0.478 e. The van der Waals surface area contributed by atoms with Crippen LogP contribution in [-0.2, 0) is 9.59 Å². The molecule has 3 N–H and O–H groups in total. The molecule has 0 saturated heterocycles. The Labute approximate surface area is 87.4 Å². The van der Waals surface area contributed by atoms with Gasteiger partial charge in [-0.2, -0.15) is 0 Å². The summed E-state index contributed by atoms with van der Waals surface area (Å²) < 4.78 is 0. The number of rotatable bonds is 6. The van der Waals surface area contributed by atoms with Crippen molar-refractivity contribution in [3.8, 4) is 0 Å². The highest BCUT2D eigenvalue weighted by molar-refractivity contribution is 5.89. The fraction of sp³-hybridized carbons (Fsp3) is 0.400. The van der Waals surface area contributed by atoms with Crippen molar-refractivity contribution in [3.05, 3.63) is 23.8 Å². The van der Waals surface area contributed by atoms with Gasteiger partial charge in [0.25, 0.3) is 0 Å². The first-order chi connectivity index (χ1) is 6.90. The third-order valence-electron chi connectivity index (χ3n) is 1.93. The summed E-state index contributed by atoms with van der Waals surface area (Å²) in [5.41, 5.74) is -0.0842. The second kappa shape index (κ2) is 5.98. The normalized spacial score (nSPS) is 13.3. The van der Waals surface area contributed by atoms with Crippen LogP contribution in [0.25, 0.3) is 0 Å². The van der Waals surface area contributed by atoms with E-state index in [1.807, 2.05) is 0 Å². The number of aliphatic hydroxyl groups is 1. The largest absolute Gasteiger partial charge is 0.478 e. The molecular formula is C10H14O5. The maximum atomic E-state index is 10.7. The van der Waals surface area contributed by atoms with Crippen LogP contribution < -0.4 is 0 Å². The lowest BCUT2D eigenvalue weighted by Crippen LogP contribution is -2.10. The predicted octanol–water partition coefficient (Wildman–Crippen LogP) is 0.657. The summed E-state index contributed by atoms with van der Waals surface area (Å²) in [6, 6.07) is 0. The SMILES string of the molecule is C=C(C(=O)O)C(C)C=C(CCO)C(=O)O. The molecule has 5 nitrogen and oxygen atoms in total. The van der Waals surface area contributed by atoms with E-state index >= 15 is 0 Å². The maximum absolute atomic E-state index is 10.7. The molecule has 5 heteroatoms. The molecule has 0 aromatic rings. The lowest BCUT2D eigenvalue weighted by atomic mass is 9.98. The summed E-state index contributed by atoms with van der Waals surface area (Å²) in [6.07, 6.45) is 1.28. The van der Waals surface area contributed by atoms with E-state index in [1.165, 1.54) is 13.0 Å². The highest BCUT2D eigenvalue weighted by atomic mass is 16.4. The van der Waals surface area contributed by atoms with Crippen LogP contribution in [0.5, 0.6) is 0 Å². The number of carboxylic acid groups (broad SMARTS) is 2. The molecule has 0 aromatic heterocycles. The van der Waals surface area contributed by atoms with Crippen LogP contribution >= 0.6 is 0 Å². The first kappa shape index (κ1) is 13.4. The Balaban J connectivity index is 4.74. The number of aliphatic hydroxyl groups excluding tert-OH is 1. The van der Waals surface area contributed by atoms with Crippen molar-refractivity contribution < 1.29 is 24.9 Å². The molecule has 0 aromatic carbocycles. The van der Waals surface area contributed by atoms with E-state index in [4.69, 9.17) is 15.3 Å². The van der Waals surface area contributed by atoms with Crippen molar-refractivity contribution >= 4 is 11.9 Å². The molecule has 0 saturated carbocycles. The molecule has 0 aliphatic rings. The zero-order chi connectivity index (χ0) is 12.0. The van der Waals surface area contributed by atoms with Gasteiger partial charge in [-0.3, -0.25) is 0 Å². The Morgan fingerprint density at radius 3 is 2.20 bits per heavy atom. The summed E-state index contributed by atoms with van der Waals surface area (Å²) >= 11 is 0. The second-order valence-corrected chi connectivity index (χ2v) is 3.09. The number of aliphatic carboxylic acids is 2. The van der Waals surface area contributed by atoms with E-state index in [-0.39, 0.29) is 24.2 Å². The van der Waals surface area contributed by atoms with Crippen molar-refractivity contribution in [2.75, 3.05) is 6.61 Å². The molecule has 0 aliphatic carbocycles. The van der Waals surface area contributed by atoms with E-state index in [2.05, 4.69) is 6.58 Å². The van der Waals surface area contributed by atoms with Crippen molar-refractivity contribution in [2.24, 2.45) is 5.92 Å². The first-order valence-corrected chi connectivity index (χ1v) is 4.37. The molecule has 0 rings (SSSR count). The monoisotopic (exact) mass is 214 g/mol. The van der Waals surface area contributed by atoms with E-state index < -0.39 is 17.9 Å². The highest BCUT2D eigenvalue weighted by Gasteiger charge is 2.14. The van der Waals surface area contributed by atoms with Gasteiger partial charge < -0.3 is 15.3 Å². The molecule has 0 aliphatic heterocycles. The average Bonchev–Trinajstić information content (AvgIpc) is 2.15. The molecular weight excluding hydrogens is 200 g/mol. The molecule has 15 heavy (non-hydrogen) atoms. The number of allylic oxidation sites excluding steroid dienone is 1. The average molecular weight is 214 g/mol. The number of hydrogen-bond acceptors (Lipinski definition) is 3. The predicted molar refractivity (Wildman–Crippen MR) is 53.4 cm³/mol. The minimum atomic E-state index is -1.16. The van der Waals surface area contributed by atoms with E-state index in [9.17, 15) is 9.59 Å². The van der Waals surface area contributed by atoms with Crippen LogP contribution in [0.1, 0.15) is 13.3 Å². The Bertz CT molecular complexity index is 303. The van der Waals surface area contributed by atoms with Crippen LogP contribution in [0.3, 0.4) is 0 Å². The molecule has 0 radical (unpaired) electrons. The molecule has 0 fully saturated rings. The van der Waals surface area contributed by atoms with Crippen molar-refractivity contribution in [3.63, 3.8) is 0 Å². The molecule has 0 heterocycles. The summed E-state index contributed by atoms with van der Waals surface area (Å²) in [6.45, 7) is 4.58. The van der Waals surface area contributed by atoms with Crippen LogP contribution in [0, 0.1) is 5.92 Å². The number of hydrogen-bond donors (Lipinski definition) is 3. The molecule has 1 atom stereocenters. The Hall–Kier alpha value is -1.62. The van der Waals surface area contributed by atoms with Crippen molar-refractivity contribution in [1.82, 2.24) is 0 Å². The van der Waals surface area contributed by atoms with Crippen molar-refractivity contribution in [1.29, 1.82) is 0 Å². The topological polar surface area (TPSA) is 94.8 Å². The molecule has 0 bridgehead atoms. The maximum Gasteiger partial charge on any atom is 0.331 e. The Morgan fingerprint density at radius 1 is 1.33 bits per heavy atom. The fourth-order valence-electron chi connectivity index (χ4n) is 0.979. The molecule has 0 spiro atoms. The number of carbonyl (C=O) groups is 2. The minimum absolute atomic E-state index is 0.00704. The standard InChI is InChI=1S/C10H14O5/c1-6(7(2)9(12)13)5-8(3-4-11)10(14)15/h5-6,11H,2-4H2,1H3,(H,12,13)(H,14,15).